The molecule has 0 unspecified atom stereocenters. The minimum absolute atomic E-state index is 0.00327. The third-order valence-electron chi connectivity index (χ3n) is 23.5. The number of phenols is 2. The number of primary amides is 3. The largest absolute Gasteiger partial charge is 0.508 e. The van der Waals surface area contributed by atoms with Crippen molar-refractivity contribution in [3.63, 3.8) is 0 Å². The van der Waals surface area contributed by atoms with Gasteiger partial charge in [-0.25, -0.2) is 9.59 Å². The van der Waals surface area contributed by atoms with Crippen LogP contribution in [0, 0.1) is 21.6 Å². The number of nitrogens with one attached hydrogen (secondary N) is 23. The van der Waals surface area contributed by atoms with Crippen molar-refractivity contribution < 1.29 is 91.7 Å². The molecule has 14 atom stereocenters. The molecule has 0 aromatic heterocycles. The van der Waals surface area contributed by atoms with Gasteiger partial charge in [-0.05, 0) is 193 Å². The summed E-state index contributed by atoms with van der Waals surface area (Å²) >= 11 is 0. The molecule has 0 radical (unpaired) electrons. The lowest BCUT2D eigenvalue weighted by Crippen LogP contribution is -2.61. The van der Waals surface area contributed by atoms with Gasteiger partial charge in [-0.3, -0.25) is 93.6 Å². The first-order valence-electron chi connectivity index (χ1n) is 48.2. The number of phenolic OH excluding ortho intramolecular Hbond substituents is 2. The number of carbonyl (C=O) groups excluding carboxylic acids is 17. The van der Waals surface area contributed by atoms with Crippen LogP contribution in [-0.2, 0) is 91.2 Å². The lowest BCUT2D eigenvalue weighted by atomic mass is 10.00. The highest BCUT2D eigenvalue weighted by Gasteiger charge is 2.43. The normalized spacial score (nSPS) is 20.0. The molecule has 0 saturated carbocycles. The first-order chi connectivity index (χ1) is 69.6. The highest BCUT2D eigenvalue weighted by molar-refractivity contribution is 8.76. The number of unbranched alkanes of at least 4 members (excludes halogenated alkanes) is 2. The Kier molecular flexibility index (Phi) is 52.4. The molecule has 19 amide bonds. The summed E-state index contributed by atoms with van der Waals surface area (Å²) in [5.41, 5.74) is 52.2. The van der Waals surface area contributed by atoms with Gasteiger partial charge in [-0.1, -0.05) is 88.3 Å². The van der Waals surface area contributed by atoms with Crippen LogP contribution < -0.4 is 153 Å². The van der Waals surface area contributed by atoms with Gasteiger partial charge >= 0.3 is 12.1 Å². The van der Waals surface area contributed by atoms with Gasteiger partial charge in [0.05, 0.1) is 0 Å². The Morgan fingerprint density at radius 2 is 0.788 bits per heavy atom. The number of fused-ring (bicyclic) bond motifs is 2. The molecule has 0 bridgehead atoms. The smallest absolute Gasteiger partial charge is 0.312 e. The number of nitrogens with two attached hydrogens (primary N) is 9. The van der Waals surface area contributed by atoms with Crippen LogP contribution >= 0.6 is 21.6 Å². The van der Waals surface area contributed by atoms with Crippen molar-refractivity contribution in [2.45, 2.75) is 239 Å². The van der Waals surface area contributed by atoms with E-state index in [1.54, 1.807) is 36.4 Å². The number of urea groups is 2. The second-order valence-corrected chi connectivity index (χ2v) is 37.7. The van der Waals surface area contributed by atoms with Crippen LogP contribution in [0.5, 0.6) is 11.5 Å². The minimum Gasteiger partial charge on any atom is -0.508 e. The predicted octanol–water partition coefficient (Wildman–Crippen LogP) is -6.32. The number of carbonyl (C=O) groups is 17. The number of hydrogen-bond donors (Lipinski definition) is 34. The van der Waals surface area contributed by atoms with E-state index < -0.39 is 227 Å². The monoisotopic (exact) mass is 2080 g/mol. The molecule has 4 aromatic carbocycles. The van der Waals surface area contributed by atoms with E-state index in [2.05, 4.69) is 101 Å². The molecule has 2 fully saturated rings. The van der Waals surface area contributed by atoms with Gasteiger partial charge in [-0.15, -0.1) is 0 Å². The van der Waals surface area contributed by atoms with E-state index in [0.717, 1.165) is 33.9 Å². The number of aromatic hydroxyl groups is 2. The standard InChI is InChI=1S/C92H143N33O19S2/c1-51(126)112-60(20-9-39-107-88(98)99)74(130)115-64(22-11-41-109-90(102)103)78(134)120-69(48-54-26-31-55-15-2-3-16-56(55)45-54)82(138)124-71-50-146-145-49-70(83(139)113-59(73(95)129)19-8-38-106-87(96)97)123-79(135)65(24-13-43-111-92(105)144)116-76(132)62(21-10-40-108-89(100)101)118-81(137)68(47-53-29-34-58(128)35-30-53)122-85(141)72-25-14-44-125(72)86(142)66(18-5-7-37-94)119-77(133)61(17-4-6-36-93)114-75(131)63(23-12-42-110-91(104)143)117-80(136)67(121-84(71)140)46-52-27-32-57(127)33-28-52/h2-3,15-16,26-35,45,59-72,127-128H,4-14,17-25,36-44,46-50,93-94H2,1H3,(H2,95,129)(H,112,126)(H,113,139)(H,114,131)(H,115,130)(H,116,132)(H,117,136)(H,118,137)(H,119,133)(H,120,134)(H,121,140)(H,122,141)(H,123,135)(H,124,138)(H4,96,97,106)(H4,98,99,107)(H4,100,101,108)(H4,102,103,109)(H3,104,110,143)(H3,105,111,144)/t59-,60-,61-,62-,63-,64-,65-,66+,67-,68-,69-,70-,71-,72-/m0/s1. The third-order valence-corrected chi connectivity index (χ3v) is 25.9. The van der Waals surface area contributed by atoms with Crippen LogP contribution in [0.15, 0.2) is 91.0 Å². The molecule has 52 nitrogen and oxygen atoms in total. The second-order valence-electron chi connectivity index (χ2n) is 35.1. The van der Waals surface area contributed by atoms with Gasteiger partial charge in [0.1, 0.15) is 96.1 Å². The highest BCUT2D eigenvalue weighted by Crippen LogP contribution is 2.27. The van der Waals surface area contributed by atoms with E-state index >= 15 is 57.5 Å². The van der Waals surface area contributed by atoms with Crippen LogP contribution in [0.2, 0.25) is 0 Å². The molecule has 2 heterocycles. The maximum absolute atomic E-state index is 16.1. The van der Waals surface area contributed by atoms with Crippen molar-refractivity contribution in [3.05, 3.63) is 108 Å². The Bertz CT molecular complexity index is 5110. The number of hydrogen-bond acceptors (Lipinski definition) is 27. The lowest BCUT2D eigenvalue weighted by molar-refractivity contribution is -0.142. The molecule has 4 aromatic rings. The average Bonchev–Trinajstić information content (AvgIpc) is 1.69. The van der Waals surface area contributed by atoms with E-state index in [-0.39, 0.29) is 204 Å². The number of nitrogens with zero attached hydrogens (tertiary/aromatic N) is 1. The summed E-state index contributed by atoms with van der Waals surface area (Å²) in [7, 11) is 1.48. The molecule has 2 aliphatic heterocycles. The molecule has 0 aliphatic carbocycles. The zero-order valence-electron chi connectivity index (χ0n) is 81.6. The molecule has 2 saturated heterocycles. The van der Waals surface area contributed by atoms with Crippen LogP contribution in [0.3, 0.4) is 0 Å². The van der Waals surface area contributed by atoms with Gasteiger partial charge in [0.2, 0.25) is 88.6 Å². The van der Waals surface area contributed by atoms with Crippen molar-refractivity contribution in [3.8, 4) is 11.5 Å². The summed E-state index contributed by atoms with van der Waals surface area (Å²) in [6, 6.07) is -1.65. The summed E-state index contributed by atoms with van der Waals surface area (Å²) in [4.78, 5) is 252. The maximum atomic E-state index is 16.1. The molecule has 0 spiro atoms. The Labute approximate surface area is 852 Å². The lowest BCUT2D eigenvalue weighted by Gasteiger charge is -2.31. The fraction of sp³-hybridized carbons (Fsp3) is 0.533. The Balaban J connectivity index is 1.63. The SMILES string of the molecule is CC(=O)N[C@@H](CCCNC(=N)N)C(=O)N[C@@H](CCCNC(=N)N)C(=O)N[C@@H](Cc1ccc2ccccc2c1)C(=O)N[C@H]1CSSC[C@@H](C(=O)N[C@@H](CCCNC(=N)N)C(N)=O)NC(=O)[C@H](CCCNC(N)=O)NC(=O)[C@H](CCCNC(=N)N)NC(=O)[C@H](Cc2ccc(O)cc2)NC(=O)[C@@H]2CCCN2C(=O)[C@@H](CCCCN)NC(=O)[C@H](CCCCN)NC(=O)[C@H](CCCNC(N)=O)NC(=O)[C@H](Cc2ccc(O)cc2)NC1=O. The molecular formula is C92H143N33O19S2. The van der Waals surface area contributed by atoms with Gasteiger partial charge in [-0.2, -0.15) is 0 Å². The Hall–Kier alpha value is -15.0. The minimum atomic E-state index is -1.93. The van der Waals surface area contributed by atoms with E-state index in [9.17, 15) is 34.2 Å². The summed E-state index contributed by atoms with van der Waals surface area (Å²) in [5, 5.41) is 104. The summed E-state index contributed by atoms with van der Waals surface area (Å²) in [5.74, 6) is -18.3. The van der Waals surface area contributed by atoms with Crippen molar-refractivity contribution in [2.75, 3.05) is 70.4 Å². The van der Waals surface area contributed by atoms with Gasteiger partial charge in [0.15, 0.2) is 23.8 Å². The molecule has 2 aliphatic rings. The molecule has 6 rings (SSSR count). The second kappa shape index (κ2) is 63.9. The van der Waals surface area contributed by atoms with Crippen molar-refractivity contribution in [1.82, 2.24) is 106 Å². The van der Waals surface area contributed by atoms with Crippen LogP contribution in [0.4, 0.5) is 9.59 Å². The first kappa shape index (κ1) is 120. The highest BCUT2D eigenvalue weighted by atomic mass is 33.1. The summed E-state index contributed by atoms with van der Waals surface area (Å²) in [6.07, 6.45) is -1.76. The number of amides is 19. The van der Waals surface area contributed by atoms with E-state index in [1.165, 1.54) is 53.4 Å². The van der Waals surface area contributed by atoms with Crippen LogP contribution in [0.25, 0.3) is 10.8 Å². The average molecular weight is 2080 g/mol. The number of rotatable bonds is 48. The van der Waals surface area contributed by atoms with Crippen molar-refractivity contribution in [2.24, 2.45) is 51.6 Å². The number of benzene rings is 4. The van der Waals surface area contributed by atoms with E-state index in [1.807, 2.05) is 6.07 Å². The summed E-state index contributed by atoms with van der Waals surface area (Å²) < 4.78 is 0. The quantitative estimate of drug-likeness (QED) is 0.00846. The van der Waals surface area contributed by atoms with Gasteiger partial charge < -0.3 is 168 Å². The van der Waals surface area contributed by atoms with Gasteiger partial charge in [0.25, 0.3) is 0 Å². The molecule has 802 valence electrons. The zero-order valence-corrected chi connectivity index (χ0v) is 83.2. The van der Waals surface area contributed by atoms with Crippen LogP contribution in [-0.4, -0.2) is 295 Å². The van der Waals surface area contributed by atoms with Crippen molar-refractivity contribution in [1.29, 1.82) is 21.6 Å². The van der Waals surface area contributed by atoms with Crippen LogP contribution in [0.1, 0.15) is 152 Å². The molecule has 146 heavy (non-hydrogen) atoms. The molecule has 54 heteroatoms. The summed E-state index contributed by atoms with van der Waals surface area (Å²) in [6.45, 7) is 0.898. The Morgan fingerprint density at radius 1 is 0.404 bits per heavy atom. The zero-order chi connectivity index (χ0) is 107. The van der Waals surface area contributed by atoms with Gasteiger partial charge in [0, 0.05) is 83.5 Å². The van der Waals surface area contributed by atoms with E-state index in [0.29, 0.717) is 29.4 Å². The van der Waals surface area contributed by atoms with Crippen molar-refractivity contribution >= 4 is 157 Å². The number of guanidine groups is 4. The Morgan fingerprint density at radius 3 is 1.24 bits per heavy atom. The fourth-order valence-electron chi connectivity index (χ4n) is 15.9. The predicted molar refractivity (Wildman–Crippen MR) is 547 cm³/mol. The molecular weight excluding hydrogens is 1940 g/mol. The topological polar surface area (TPSA) is 892 Å². The maximum Gasteiger partial charge on any atom is 0.312 e. The first-order valence-corrected chi connectivity index (χ1v) is 50.7. The molecule has 43 N–H and O–H groups in total. The fourth-order valence-corrected chi connectivity index (χ4v) is 18.2. The third kappa shape index (κ3) is 44.5. The van der Waals surface area contributed by atoms with E-state index in [4.69, 9.17) is 73.2 Å².